The molecule has 0 atom stereocenters. The highest BCUT2D eigenvalue weighted by Crippen LogP contribution is 2.43. The predicted molar refractivity (Wildman–Crippen MR) is 93.2 cm³/mol. The summed E-state index contributed by atoms with van der Waals surface area (Å²) in [6, 6.07) is -0.439. The van der Waals surface area contributed by atoms with Gasteiger partial charge in [-0.25, -0.2) is 9.59 Å². The number of aliphatic carboxylic acids is 1. The number of hydrogen-bond donors (Lipinski definition) is 2. The van der Waals surface area contributed by atoms with Crippen molar-refractivity contribution in [2.45, 2.75) is 30.4 Å². The van der Waals surface area contributed by atoms with Gasteiger partial charge in [-0.05, 0) is 31.1 Å². The molecule has 0 aliphatic carbocycles. The summed E-state index contributed by atoms with van der Waals surface area (Å²) >= 11 is 3.05. The number of carboxylic acid groups (broad SMARTS) is 1. The van der Waals surface area contributed by atoms with Crippen molar-refractivity contribution < 1.29 is 24.2 Å². The van der Waals surface area contributed by atoms with Crippen LogP contribution in [0.3, 0.4) is 0 Å². The number of anilines is 1. The molecular formula is C15H20N2O5S2. The third kappa shape index (κ3) is 4.41. The van der Waals surface area contributed by atoms with Gasteiger partial charge in [-0.15, -0.1) is 23.1 Å². The van der Waals surface area contributed by atoms with Crippen molar-refractivity contribution in [3.63, 3.8) is 0 Å². The Morgan fingerprint density at radius 2 is 2.12 bits per heavy atom. The van der Waals surface area contributed by atoms with Crippen molar-refractivity contribution >= 4 is 46.1 Å². The van der Waals surface area contributed by atoms with Crippen molar-refractivity contribution in [3.05, 3.63) is 11.1 Å². The zero-order valence-corrected chi connectivity index (χ0v) is 15.2. The second kappa shape index (κ2) is 8.39. The summed E-state index contributed by atoms with van der Waals surface area (Å²) in [4.78, 5) is 36.4. The third-order valence-corrected chi connectivity index (χ3v) is 6.03. The lowest BCUT2D eigenvalue weighted by atomic mass is 10.1. The quantitative estimate of drug-likeness (QED) is 0.746. The summed E-state index contributed by atoms with van der Waals surface area (Å²) in [5.41, 5.74) is 1.38. The highest BCUT2D eigenvalue weighted by molar-refractivity contribution is 8.01. The van der Waals surface area contributed by atoms with Crippen molar-refractivity contribution in [2.75, 3.05) is 31.3 Å². The van der Waals surface area contributed by atoms with Crippen LogP contribution in [-0.4, -0.2) is 53.9 Å². The number of thiophene rings is 1. The first-order valence-corrected chi connectivity index (χ1v) is 9.43. The molecule has 0 saturated heterocycles. The van der Waals surface area contributed by atoms with E-state index in [1.54, 1.807) is 18.7 Å². The topological polar surface area (TPSA) is 95.9 Å². The van der Waals surface area contributed by atoms with Gasteiger partial charge in [-0.2, -0.15) is 0 Å². The molecule has 2 heterocycles. The number of fused-ring (bicyclic) bond motifs is 1. The van der Waals surface area contributed by atoms with Crippen LogP contribution in [0, 0.1) is 0 Å². The molecule has 0 bridgehead atoms. The van der Waals surface area contributed by atoms with Crippen LogP contribution in [0.15, 0.2) is 4.21 Å². The molecule has 0 spiro atoms. The zero-order chi connectivity index (χ0) is 17.7. The molecule has 2 amide bonds. The Hall–Kier alpha value is -1.74. The minimum absolute atomic E-state index is 0.0930. The molecule has 0 aromatic carbocycles. The van der Waals surface area contributed by atoms with Gasteiger partial charge in [0, 0.05) is 13.6 Å². The number of esters is 1. The van der Waals surface area contributed by atoms with Gasteiger partial charge in [0.05, 0.1) is 22.8 Å². The smallest absolute Gasteiger partial charge is 0.341 e. The number of hydrogen-bond acceptors (Lipinski definition) is 6. The molecule has 9 heteroatoms. The highest BCUT2D eigenvalue weighted by Gasteiger charge is 2.28. The maximum atomic E-state index is 12.3. The van der Waals surface area contributed by atoms with Crippen molar-refractivity contribution in [3.8, 4) is 0 Å². The molecule has 0 fully saturated rings. The Morgan fingerprint density at radius 3 is 2.79 bits per heavy atom. The number of urea groups is 1. The first-order valence-electron chi connectivity index (χ1n) is 7.63. The Morgan fingerprint density at radius 1 is 1.38 bits per heavy atom. The number of ether oxygens (including phenoxy) is 1. The van der Waals surface area contributed by atoms with Gasteiger partial charge in [0.2, 0.25) is 0 Å². The molecule has 1 aromatic rings. The summed E-state index contributed by atoms with van der Waals surface area (Å²) < 4.78 is 6.16. The third-order valence-electron chi connectivity index (χ3n) is 3.48. The van der Waals surface area contributed by atoms with E-state index in [-0.39, 0.29) is 19.6 Å². The number of nitrogens with zero attached hydrogens (tertiary/aromatic N) is 1. The van der Waals surface area contributed by atoms with E-state index in [9.17, 15) is 14.4 Å². The number of nitrogens with one attached hydrogen (secondary N) is 1. The van der Waals surface area contributed by atoms with Crippen molar-refractivity contribution in [1.29, 1.82) is 0 Å². The molecule has 0 radical (unpaired) electrons. The highest BCUT2D eigenvalue weighted by atomic mass is 32.2. The molecule has 132 valence electrons. The largest absolute Gasteiger partial charge is 0.481 e. The number of thioether (sulfide) groups is 1. The minimum Gasteiger partial charge on any atom is -0.481 e. The maximum Gasteiger partial charge on any atom is 0.341 e. The molecule has 1 aliphatic heterocycles. The van der Waals surface area contributed by atoms with E-state index in [1.165, 1.54) is 23.3 Å². The monoisotopic (exact) mass is 372 g/mol. The Bertz CT molecular complexity index is 644. The van der Waals surface area contributed by atoms with Gasteiger partial charge < -0.3 is 14.7 Å². The van der Waals surface area contributed by atoms with E-state index in [2.05, 4.69) is 5.32 Å². The number of carboxylic acids is 1. The lowest BCUT2D eigenvalue weighted by Gasteiger charge is -2.17. The SMILES string of the molecule is CCOC(=O)c1c(NC(=O)N(C)CCC(=O)O)sc2c1CCCS2. The van der Waals surface area contributed by atoms with E-state index in [0.29, 0.717) is 10.6 Å². The van der Waals surface area contributed by atoms with Crippen LogP contribution in [0.25, 0.3) is 0 Å². The predicted octanol–water partition coefficient (Wildman–Crippen LogP) is 2.90. The fourth-order valence-electron chi connectivity index (χ4n) is 2.27. The van der Waals surface area contributed by atoms with Crippen LogP contribution < -0.4 is 5.32 Å². The molecular weight excluding hydrogens is 352 g/mol. The fourth-order valence-corrected chi connectivity index (χ4v) is 4.81. The summed E-state index contributed by atoms with van der Waals surface area (Å²) in [6.07, 6.45) is 1.63. The van der Waals surface area contributed by atoms with Gasteiger partial charge in [0.15, 0.2) is 0 Å². The van der Waals surface area contributed by atoms with Gasteiger partial charge in [-0.3, -0.25) is 10.1 Å². The Kier molecular flexibility index (Phi) is 6.50. The molecule has 2 rings (SSSR count). The van der Waals surface area contributed by atoms with E-state index in [1.807, 2.05) is 0 Å². The number of rotatable bonds is 6. The fraction of sp³-hybridized carbons (Fsp3) is 0.533. The number of amides is 2. The van der Waals surface area contributed by atoms with Gasteiger partial charge in [-0.1, -0.05) is 0 Å². The minimum atomic E-state index is -0.968. The molecule has 1 aliphatic rings. The van der Waals surface area contributed by atoms with Crippen molar-refractivity contribution in [2.24, 2.45) is 0 Å². The standard InChI is InChI=1S/C15H20N2O5S2/c1-3-22-13(20)11-9-5-4-8-23-14(9)24-12(11)16-15(21)17(2)7-6-10(18)19/h3-8H2,1-2H3,(H,16,21)(H,18,19). The molecule has 0 saturated carbocycles. The zero-order valence-electron chi connectivity index (χ0n) is 13.6. The van der Waals surface area contributed by atoms with Crippen LogP contribution in [0.5, 0.6) is 0 Å². The van der Waals surface area contributed by atoms with Crippen LogP contribution >= 0.6 is 23.1 Å². The summed E-state index contributed by atoms with van der Waals surface area (Å²) in [5.74, 6) is -0.410. The van der Waals surface area contributed by atoms with Gasteiger partial charge in [0.25, 0.3) is 0 Å². The number of carbonyl (C=O) groups excluding carboxylic acids is 2. The van der Waals surface area contributed by atoms with E-state index in [0.717, 1.165) is 28.4 Å². The summed E-state index contributed by atoms with van der Waals surface area (Å²) in [6.45, 7) is 2.10. The number of carbonyl (C=O) groups is 3. The first kappa shape index (κ1) is 18.6. The molecule has 24 heavy (non-hydrogen) atoms. The van der Waals surface area contributed by atoms with Gasteiger partial charge >= 0.3 is 18.0 Å². The van der Waals surface area contributed by atoms with E-state index in [4.69, 9.17) is 9.84 Å². The molecule has 0 unspecified atom stereocenters. The second-order valence-corrected chi connectivity index (χ2v) is 7.62. The van der Waals surface area contributed by atoms with Crippen molar-refractivity contribution in [1.82, 2.24) is 4.90 Å². The van der Waals surface area contributed by atoms with E-state index < -0.39 is 18.0 Å². The van der Waals surface area contributed by atoms with Gasteiger partial charge in [0.1, 0.15) is 5.00 Å². The van der Waals surface area contributed by atoms with Crippen LogP contribution in [0.4, 0.5) is 9.80 Å². The summed E-state index contributed by atoms with van der Waals surface area (Å²) in [7, 11) is 1.52. The van der Waals surface area contributed by atoms with E-state index >= 15 is 0 Å². The van der Waals surface area contributed by atoms with Crippen LogP contribution in [-0.2, 0) is 16.0 Å². The first-order chi connectivity index (χ1) is 11.4. The maximum absolute atomic E-state index is 12.3. The second-order valence-electron chi connectivity index (χ2n) is 5.24. The average Bonchev–Trinajstić information content (AvgIpc) is 2.90. The Labute approximate surface area is 148 Å². The normalized spacial score (nSPS) is 13.1. The average molecular weight is 372 g/mol. The summed E-state index contributed by atoms with van der Waals surface area (Å²) in [5, 5.41) is 11.9. The Balaban J connectivity index is 2.19. The molecule has 7 nitrogen and oxygen atoms in total. The molecule has 2 N–H and O–H groups in total. The lowest BCUT2D eigenvalue weighted by Crippen LogP contribution is -2.33. The van der Waals surface area contributed by atoms with Crippen LogP contribution in [0.2, 0.25) is 0 Å². The van der Waals surface area contributed by atoms with Crippen LogP contribution in [0.1, 0.15) is 35.7 Å². The lowest BCUT2D eigenvalue weighted by molar-refractivity contribution is -0.137. The molecule has 1 aromatic heterocycles.